The summed E-state index contributed by atoms with van der Waals surface area (Å²) in [6, 6.07) is -0.951. The maximum absolute atomic E-state index is 11.7. The van der Waals surface area contributed by atoms with E-state index in [0.717, 1.165) is 25.7 Å². The molecule has 1 saturated carbocycles. The molecule has 0 heterocycles. The Kier molecular flexibility index (Phi) is 5.60. The van der Waals surface area contributed by atoms with Crippen LogP contribution < -0.4 is 5.32 Å². The molecule has 0 aliphatic heterocycles. The van der Waals surface area contributed by atoms with Crippen molar-refractivity contribution in [2.24, 2.45) is 11.3 Å². The topological polar surface area (TPSA) is 75.6 Å². The molecule has 0 radical (unpaired) electrons. The average Bonchev–Trinajstić information content (AvgIpc) is 3.03. The van der Waals surface area contributed by atoms with Gasteiger partial charge >= 0.3 is 12.1 Å². The van der Waals surface area contributed by atoms with Crippen LogP contribution in [0.4, 0.5) is 4.79 Å². The molecule has 0 aromatic heterocycles. The van der Waals surface area contributed by atoms with Crippen LogP contribution in [0.5, 0.6) is 0 Å². The Bertz CT molecular complexity index is 373. The molecule has 1 rings (SSSR count). The van der Waals surface area contributed by atoms with Gasteiger partial charge in [0.1, 0.15) is 12.1 Å². The van der Waals surface area contributed by atoms with Crippen LogP contribution in [-0.4, -0.2) is 29.3 Å². The summed E-state index contributed by atoms with van der Waals surface area (Å²) in [7, 11) is 0. The second-order valence-corrected chi connectivity index (χ2v) is 6.44. The third-order valence-electron chi connectivity index (χ3n) is 3.47. The van der Waals surface area contributed by atoms with Crippen molar-refractivity contribution >= 4 is 12.1 Å². The SMILES string of the molecule is C=CCCC[C@@H]1C[C@H]1OC(=O)NC(C(=O)O)C(C)(C)C. The zero-order valence-electron chi connectivity index (χ0n) is 12.5. The van der Waals surface area contributed by atoms with Gasteiger partial charge in [0.25, 0.3) is 0 Å². The molecule has 20 heavy (non-hydrogen) atoms. The number of carboxylic acid groups (broad SMARTS) is 1. The maximum Gasteiger partial charge on any atom is 0.408 e. The molecular weight excluding hydrogens is 258 g/mol. The van der Waals surface area contributed by atoms with Crippen LogP contribution in [0.3, 0.4) is 0 Å². The molecule has 0 aromatic carbocycles. The molecule has 0 spiro atoms. The number of unbranched alkanes of at least 4 members (excludes halogenated alkanes) is 1. The number of alkyl carbamates (subject to hydrolysis) is 1. The number of allylic oxidation sites excluding steroid dienone is 1. The highest BCUT2D eigenvalue weighted by atomic mass is 16.6. The molecule has 3 atom stereocenters. The van der Waals surface area contributed by atoms with Crippen LogP contribution in [0.1, 0.15) is 46.5 Å². The lowest BCUT2D eigenvalue weighted by molar-refractivity contribution is -0.142. The van der Waals surface area contributed by atoms with E-state index >= 15 is 0 Å². The molecule has 1 unspecified atom stereocenters. The Labute approximate surface area is 120 Å². The highest BCUT2D eigenvalue weighted by molar-refractivity contribution is 5.80. The summed E-state index contributed by atoms with van der Waals surface area (Å²) in [6.07, 6.45) is 5.10. The molecule has 1 aliphatic carbocycles. The third-order valence-corrected chi connectivity index (χ3v) is 3.47. The molecule has 1 fully saturated rings. The standard InChI is InChI=1S/C15H25NO4/c1-5-6-7-8-10-9-11(10)20-14(19)16-12(13(17)18)15(2,3)4/h5,10-12H,1,6-9H2,2-4H3,(H,16,19)(H,17,18)/t10-,11-,12?/m1/s1. The van der Waals surface area contributed by atoms with E-state index in [9.17, 15) is 9.59 Å². The number of hydrogen-bond donors (Lipinski definition) is 2. The molecule has 5 nitrogen and oxygen atoms in total. The summed E-state index contributed by atoms with van der Waals surface area (Å²) >= 11 is 0. The Morgan fingerprint density at radius 3 is 2.65 bits per heavy atom. The molecule has 0 bridgehead atoms. The van der Waals surface area contributed by atoms with Crippen molar-refractivity contribution in [1.82, 2.24) is 5.32 Å². The lowest BCUT2D eigenvalue weighted by atomic mass is 9.87. The lowest BCUT2D eigenvalue weighted by Crippen LogP contribution is -2.49. The van der Waals surface area contributed by atoms with E-state index in [1.54, 1.807) is 20.8 Å². The van der Waals surface area contributed by atoms with Gasteiger partial charge in [0.05, 0.1) is 0 Å². The number of hydrogen-bond acceptors (Lipinski definition) is 3. The van der Waals surface area contributed by atoms with Crippen LogP contribution in [0, 0.1) is 11.3 Å². The van der Waals surface area contributed by atoms with Crippen LogP contribution in [0.15, 0.2) is 12.7 Å². The Morgan fingerprint density at radius 2 is 2.15 bits per heavy atom. The van der Waals surface area contributed by atoms with Gasteiger partial charge in [-0.15, -0.1) is 6.58 Å². The minimum atomic E-state index is -1.05. The predicted molar refractivity (Wildman–Crippen MR) is 76.4 cm³/mol. The van der Waals surface area contributed by atoms with Gasteiger partial charge in [-0.1, -0.05) is 26.8 Å². The van der Waals surface area contributed by atoms with E-state index in [2.05, 4.69) is 11.9 Å². The van der Waals surface area contributed by atoms with Crippen molar-refractivity contribution in [1.29, 1.82) is 0 Å². The molecule has 5 heteroatoms. The normalized spacial score (nSPS) is 22.8. The van der Waals surface area contributed by atoms with Crippen LogP contribution in [-0.2, 0) is 9.53 Å². The summed E-state index contributed by atoms with van der Waals surface area (Å²) < 4.78 is 5.24. The smallest absolute Gasteiger partial charge is 0.408 e. The van der Waals surface area contributed by atoms with Gasteiger partial charge in [0.2, 0.25) is 0 Å². The number of carbonyl (C=O) groups is 2. The van der Waals surface area contributed by atoms with Gasteiger partial charge in [0.15, 0.2) is 0 Å². The number of nitrogens with one attached hydrogen (secondary N) is 1. The minimum Gasteiger partial charge on any atom is -0.480 e. The van der Waals surface area contributed by atoms with Gasteiger partial charge in [-0.3, -0.25) is 0 Å². The number of carbonyl (C=O) groups excluding carboxylic acids is 1. The fraction of sp³-hybridized carbons (Fsp3) is 0.733. The Hall–Kier alpha value is -1.52. The third kappa shape index (κ3) is 5.23. The van der Waals surface area contributed by atoms with Crippen molar-refractivity contribution in [2.75, 3.05) is 0 Å². The number of carboxylic acids is 1. The summed E-state index contributed by atoms with van der Waals surface area (Å²) in [5.74, 6) is -0.633. The second kappa shape index (κ2) is 6.77. The molecule has 1 amide bonds. The highest BCUT2D eigenvalue weighted by Crippen LogP contribution is 2.38. The lowest BCUT2D eigenvalue weighted by Gasteiger charge is -2.27. The molecular formula is C15H25NO4. The largest absolute Gasteiger partial charge is 0.480 e. The first-order valence-corrected chi connectivity index (χ1v) is 7.06. The molecule has 2 N–H and O–H groups in total. The average molecular weight is 283 g/mol. The van der Waals surface area contributed by atoms with Gasteiger partial charge < -0.3 is 15.2 Å². The van der Waals surface area contributed by atoms with Crippen LogP contribution >= 0.6 is 0 Å². The number of rotatable bonds is 7. The first-order valence-electron chi connectivity index (χ1n) is 7.06. The van der Waals surface area contributed by atoms with Crippen molar-refractivity contribution in [3.8, 4) is 0 Å². The van der Waals surface area contributed by atoms with Crippen molar-refractivity contribution in [3.05, 3.63) is 12.7 Å². The number of amides is 1. The second-order valence-electron chi connectivity index (χ2n) is 6.44. The molecule has 114 valence electrons. The monoisotopic (exact) mass is 283 g/mol. The van der Waals surface area contributed by atoms with Crippen LogP contribution in [0.2, 0.25) is 0 Å². The summed E-state index contributed by atoms with van der Waals surface area (Å²) in [6.45, 7) is 8.96. The summed E-state index contributed by atoms with van der Waals surface area (Å²) in [5.41, 5.74) is -0.558. The number of ether oxygens (including phenoxy) is 1. The van der Waals surface area contributed by atoms with E-state index in [1.165, 1.54) is 0 Å². The minimum absolute atomic E-state index is 0.0609. The fourth-order valence-corrected chi connectivity index (χ4v) is 2.13. The van der Waals surface area contributed by atoms with Gasteiger partial charge in [-0.05, 0) is 37.0 Å². The van der Waals surface area contributed by atoms with Crippen molar-refractivity contribution < 1.29 is 19.4 Å². The summed E-state index contributed by atoms with van der Waals surface area (Å²) in [4.78, 5) is 22.9. The molecule has 1 aliphatic rings. The molecule has 0 aromatic rings. The van der Waals surface area contributed by atoms with E-state index in [1.807, 2.05) is 6.08 Å². The van der Waals surface area contributed by atoms with Crippen LogP contribution in [0.25, 0.3) is 0 Å². The Balaban J connectivity index is 2.34. The quantitative estimate of drug-likeness (QED) is 0.556. The number of aliphatic carboxylic acids is 1. The molecule has 0 saturated heterocycles. The fourth-order valence-electron chi connectivity index (χ4n) is 2.13. The Morgan fingerprint density at radius 1 is 1.50 bits per heavy atom. The van der Waals surface area contributed by atoms with E-state index in [0.29, 0.717) is 5.92 Å². The summed E-state index contributed by atoms with van der Waals surface area (Å²) in [5, 5.41) is 11.6. The van der Waals surface area contributed by atoms with E-state index in [4.69, 9.17) is 9.84 Å². The van der Waals surface area contributed by atoms with Gasteiger partial charge in [-0.25, -0.2) is 9.59 Å². The van der Waals surface area contributed by atoms with Gasteiger partial charge in [0, 0.05) is 0 Å². The van der Waals surface area contributed by atoms with E-state index < -0.39 is 23.5 Å². The highest BCUT2D eigenvalue weighted by Gasteiger charge is 2.41. The first kappa shape index (κ1) is 16.5. The first-order chi connectivity index (χ1) is 9.25. The van der Waals surface area contributed by atoms with Crippen molar-refractivity contribution in [2.45, 2.75) is 58.6 Å². The zero-order valence-corrected chi connectivity index (χ0v) is 12.5. The predicted octanol–water partition coefficient (Wildman–Crippen LogP) is 2.96. The zero-order chi connectivity index (χ0) is 15.3. The van der Waals surface area contributed by atoms with Crippen molar-refractivity contribution in [3.63, 3.8) is 0 Å². The van der Waals surface area contributed by atoms with E-state index in [-0.39, 0.29) is 6.10 Å². The maximum atomic E-state index is 11.7. The van der Waals surface area contributed by atoms with Gasteiger partial charge in [-0.2, -0.15) is 0 Å².